The number of hydrogen-bond donors (Lipinski definition) is 0. The summed E-state index contributed by atoms with van der Waals surface area (Å²) < 4.78 is 5.36. The molecule has 3 nitrogen and oxygen atoms in total. The molecule has 4 heteroatoms. The van der Waals surface area contributed by atoms with E-state index in [2.05, 4.69) is 22.9 Å². The standard InChI is InChI=1S/C19H19BrO3/c1-2-14(12-17(21)13-20)15-8-10-18(11-9-15)23-19(22)16-6-4-3-5-7-16/h3-11,14H,2,12-13H2,1H3. The number of carbonyl (C=O) groups excluding carboxylic acids is 2. The Balaban J connectivity index is 2.04. The first-order valence-corrected chi connectivity index (χ1v) is 8.71. The van der Waals surface area contributed by atoms with Crippen molar-refractivity contribution in [2.45, 2.75) is 25.7 Å². The second kappa shape index (κ2) is 8.63. The van der Waals surface area contributed by atoms with E-state index >= 15 is 0 Å². The molecular weight excluding hydrogens is 356 g/mol. The van der Waals surface area contributed by atoms with Crippen LogP contribution in [0.2, 0.25) is 0 Å². The third-order valence-electron chi connectivity index (χ3n) is 3.69. The molecule has 0 fully saturated rings. The van der Waals surface area contributed by atoms with Crippen LogP contribution in [0.15, 0.2) is 54.6 Å². The lowest BCUT2D eigenvalue weighted by atomic mass is 9.92. The molecule has 0 N–H and O–H groups in total. The average Bonchev–Trinajstić information content (AvgIpc) is 2.61. The van der Waals surface area contributed by atoms with E-state index in [4.69, 9.17) is 4.74 Å². The molecule has 0 amide bonds. The monoisotopic (exact) mass is 374 g/mol. The zero-order valence-corrected chi connectivity index (χ0v) is 14.6. The molecule has 0 heterocycles. The molecule has 0 aliphatic heterocycles. The van der Waals surface area contributed by atoms with Gasteiger partial charge in [0.05, 0.1) is 10.9 Å². The highest BCUT2D eigenvalue weighted by Gasteiger charge is 2.14. The predicted octanol–water partition coefficient (Wildman–Crippen LogP) is 4.75. The molecule has 23 heavy (non-hydrogen) atoms. The molecule has 1 unspecified atom stereocenters. The van der Waals surface area contributed by atoms with Crippen molar-refractivity contribution in [1.82, 2.24) is 0 Å². The Morgan fingerprint density at radius 1 is 1.04 bits per heavy atom. The predicted molar refractivity (Wildman–Crippen MR) is 94.3 cm³/mol. The van der Waals surface area contributed by atoms with Crippen molar-refractivity contribution in [3.63, 3.8) is 0 Å². The third-order valence-corrected chi connectivity index (χ3v) is 4.31. The molecule has 2 aromatic rings. The van der Waals surface area contributed by atoms with E-state index in [0.29, 0.717) is 23.1 Å². The van der Waals surface area contributed by atoms with Crippen LogP contribution in [0.25, 0.3) is 0 Å². The van der Waals surface area contributed by atoms with Crippen LogP contribution in [0.3, 0.4) is 0 Å². The van der Waals surface area contributed by atoms with Gasteiger partial charge in [0, 0.05) is 6.42 Å². The van der Waals surface area contributed by atoms with Gasteiger partial charge in [-0.2, -0.15) is 0 Å². The SMILES string of the molecule is CCC(CC(=O)CBr)c1ccc(OC(=O)c2ccccc2)cc1. The van der Waals surface area contributed by atoms with Crippen LogP contribution in [-0.2, 0) is 4.79 Å². The van der Waals surface area contributed by atoms with Gasteiger partial charge in [-0.05, 0) is 42.2 Å². The van der Waals surface area contributed by atoms with E-state index in [0.717, 1.165) is 12.0 Å². The summed E-state index contributed by atoms with van der Waals surface area (Å²) in [5, 5.41) is 0.385. The first-order valence-electron chi connectivity index (χ1n) is 7.59. The molecule has 0 saturated carbocycles. The summed E-state index contributed by atoms with van der Waals surface area (Å²) in [7, 11) is 0. The maximum atomic E-state index is 12.0. The Kier molecular flexibility index (Phi) is 6.53. The number of hydrogen-bond acceptors (Lipinski definition) is 3. The number of esters is 1. The molecule has 0 aliphatic rings. The molecule has 0 saturated heterocycles. The molecule has 2 rings (SSSR count). The largest absolute Gasteiger partial charge is 0.423 e. The minimum Gasteiger partial charge on any atom is -0.423 e. The van der Waals surface area contributed by atoms with E-state index < -0.39 is 0 Å². The lowest BCUT2D eigenvalue weighted by Crippen LogP contribution is -2.09. The van der Waals surface area contributed by atoms with E-state index in [-0.39, 0.29) is 17.7 Å². The number of rotatable bonds is 7. The van der Waals surface area contributed by atoms with E-state index in [1.165, 1.54) is 0 Å². The Hall–Kier alpha value is -1.94. The van der Waals surface area contributed by atoms with Crippen LogP contribution in [0, 0.1) is 0 Å². The maximum Gasteiger partial charge on any atom is 0.343 e. The number of ether oxygens (including phenoxy) is 1. The second-order valence-electron chi connectivity index (χ2n) is 5.31. The summed E-state index contributed by atoms with van der Waals surface area (Å²) in [5.74, 6) is 0.513. The fourth-order valence-electron chi connectivity index (χ4n) is 2.38. The topological polar surface area (TPSA) is 43.4 Å². The lowest BCUT2D eigenvalue weighted by Gasteiger charge is -2.14. The molecule has 0 radical (unpaired) electrons. The number of ketones is 1. The fourth-order valence-corrected chi connectivity index (χ4v) is 2.60. The molecular formula is C19H19BrO3. The van der Waals surface area contributed by atoms with E-state index in [1.54, 1.807) is 36.4 Å². The number of alkyl halides is 1. The van der Waals surface area contributed by atoms with Gasteiger partial charge < -0.3 is 4.74 Å². The Labute approximate surface area is 144 Å². The van der Waals surface area contributed by atoms with Gasteiger partial charge in [0.2, 0.25) is 0 Å². The van der Waals surface area contributed by atoms with Crippen molar-refractivity contribution in [2.24, 2.45) is 0 Å². The van der Waals surface area contributed by atoms with Crippen molar-refractivity contribution in [3.05, 3.63) is 65.7 Å². The van der Waals surface area contributed by atoms with Gasteiger partial charge >= 0.3 is 5.97 Å². The van der Waals surface area contributed by atoms with E-state index in [1.807, 2.05) is 18.2 Å². The van der Waals surface area contributed by atoms with Gasteiger partial charge in [-0.3, -0.25) is 4.79 Å². The Bertz CT molecular complexity index is 650. The van der Waals surface area contributed by atoms with Crippen molar-refractivity contribution in [1.29, 1.82) is 0 Å². The zero-order valence-electron chi connectivity index (χ0n) is 13.0. The molecule has 0 aliphatic carbocycles. The average molecular weight is 375 g/mol. The van der Waals surface area contributed by atoms with Gasteiger partial charge in [-0.1, -0.05) is 53.2 Å². The van der Waals surface area contributed by atoms with Crippen molar-refractivity contribution in [3.8, 4) is 5.75 Å². The first kappa shape index (κ1) is 17.4. The van der Waals surface area contributed by atoms with Crippen LogP contribution in [-0.4, -0.2) is 17.1 Å². The van der Waals surface area contributed by atoms with Gasteiger partial charge in [0.25, 0.3) is 0 Å². The van der Waals surface area contributed by atoms with Gasteiger partial charge in [-0.15, -0.1) is 0 Å². The van der Waals surface area contributed by atoms with Crippen LogP contribution < -0.4 is 4.74 Å². The maximum absolute atomic E-state index is 12.0. The summed E-state index contributed by atoms with van der Waals surface area (Å²) in [6, 6.07) is 16.3. The quantitative estimate of drug-likeness (QED) is 0.398. The van der Waals surface area contributed by atoms with Gasteiger partial charge in [0.15, 0.2) is 0 Å². The molecule has 0 bridgehead atoms. The molecule has 0 aromatic heterocycles. The number of Topliss-reactive ketones (excluding diaryl/α,β-unsaturated/α-hetero) is 1. The highest BCUT2D eigenvalue weighted by Crippen LogP contribution is 2.26. The smallest absolute Gasteiger partial charge is 0.343 e. The van der Waals surface area contributed by atoms with Crippen molar-refractivity contribution < 1.29 is 14.3 Å². The zero-order chi connectivity index (χ0) is 16.7. The number of halogens is 1. The van der Waals surface area contributed by atoms with Crippen LogP contribution >= 0.6 is 15.9 Å². The highest BCUT2D eigenvalue weighted by molar-refractivity contribution is 9.09. The molecule has 0 spiro atoms. The Morgan fingerprint density at radius 2 is 1.70 bits per heavy atom. The van der Waals surface area contributed by atoms with Gasteiger partial charge in [0.1, 0.15) is 11.5 Å². The molecule has 120 valence electrons. The summed E-state index contributed by atoms with van der Waals surface area (Å²) in [4.78, 5) is 23.6. The second-order valence-corrected chi connectivity index (χ2v) is 5.87. The highest BCUT2D eigenvalue weighted by atomic mass is 79.9. The van der Waals surface area contributed by atoms with E-state index in [9.17, 15) is 9.59 Å². The molecule has 2 aromatic carbocycles. The third kappa shape index (κ3) is 5.03. The van der Waals surface area contributed by atoms with Crippen molar-refractivity contribution >= 4 is 27.7 Å². The van der Waals surface area contributed by atoms with Crippen LogP contribution in [0.1, 0.15) is 41.6 Å². The summed E-state index contributed by atoms with van der Waals surface area (Å²) in [5.41, 5.74) is 1.60. The number of carbonyl (C=O) groups is 2. The summed E-state index contributed by atoms with van der Waals surface area (Å²) >= 11 is 3.20. The summed E-state index contributed by atoms with van der Waals surface area (Å²) in [6.45, 7) is 2.06. The fraction of sp³-hybridized carbons (Fsp3) is 0.263. The van der Waals surface area contributed by atoms with Gasteiger partial charge in [-0.25, -0.2) is 4.79 Å². The van der Waals surface area contributed by atoms with Crippen LogP contribution in [0.5, 0.6) is 5.75 Å². The summed E-state index contributed by atoms with van der Waals surface area (Å²) in [6.07, 6.45) is 1.41. The molecule has 1 atom stereocenters. The minimum absolute atomic E-state index is 0.191. The minimum atomic E-state index is -0.375. The first-order chi connectivity index (χ1) is 11.1. The van der Waals surface area contributed by atoms with Crippen molar-refractivity contribution in [2.75, 3.05) is 5.33 Å². The normalized spacial score (nSPS) is 11.7. The van der Waals surface area contributed by atoms with Crippen LogP contribution in [0.4, 0.5) is 0 Å². The number of benzene rings is 2. The Morgan fingerprint density at radius 3 is 2.26 bits per heavy atom. The lowest BCUT2D eigenvalue weighted by molar-refractivity contribution is -0.116.